The SMILES string of the molecule is Cc1ccccc1OCc1ccc(-c2nc(C#N)c(N3CCC(Cc4ccccc4)CC3)o2)o1. The monoisotopic (exact) mass is 453 g/mol. The van der Waals surface area contributed by atoms with Crippen LogP contribution in [0.15, 0.2) is 75.6 Å². The summed E-state index contributed by atoms with van der Waals surface area (Å²) in [5.41, 5.74) is 2.74. The van der Waals surface area contributed by atoms with Crippen molar-refractivity contribution in [1.82, 2.24) is 4.98 Å². The summed E-state index contributed by atoms with van der Waals surface area (Å²) in [4.78, 5) is 6.53. The molecule has 1 fully saturated rings. The summed E-state index contributed by atoms with van der Waals surface area (Å²) in [7, 11) is 0. The van der Waals surface area contributed by atoms with E-state index in [1.807, 2.05) is 37.3 Å². The van der Waals surface area contributed by atoms with Crippen LogP contribution in [0.4, 0.5) is 5.88 Å². The molecule has 0 radical (unpaired) electrons. The summed E-state index contributed by atoms with van der Waals surface area (Å²) in [5, 5.41) is 9.65. The van der Waals surface area contributed by atoms with E-state index in [0.717, 1.165) is 43.7 Å². The predicted molar refractivity (Wildman–Crippen MR) is 130 cm³/mol. The van der Waals surface area contributed by atoms with Gasteiger partial charge in [-0.15, -0.1) is 0 Å². The molecular weight excluding hydrogens is 426 g/mol. The number of piperidine rings is 1. The lowest BCUT2D eigenvalue weighted by Gasteiger charge is -2.31. The average molecular weight is 454 g/mol. The van der Waals surface area contributed by atoms with Gasteiger partial charge in [-0.05, 0) is 61.4 Å². The van der Waals surface area contributed by atoms with E-state index in [0.29, 0.717) is 41.5 Å². The number of benzene rings is 2. The van der Waals surface area contributed by atoms with Gasteiger partial charge in [0, 0.05) is 13.1 Å². The third-order valence-electron chi connectivity index (χ3n) is 6.32. The number of para-hydroxylation sites is 1. The van der Waals surface area contributed by atoms with Gasteiger partial charge in [0.15, 0.2) is 5.76 Å². The maximum atomic E-state index is 9.65. The number of oxazole rings is 1. The summed E-state index contributed by atoms with van der Waals surface area (Å²) in [5.74, 6) is 3.46. The Morgan fingerprint density at radius 2 is 1.76 bits per heavy atom. The summed E-state index contributed by atoms with van der Waals surface area (Å²) >= 11 is 0. The van der Waals surface area contributed by atoms with E-state index in [9.17, 15) is 5.26 Å². The number of ether oxygens (including phenoxy) is 1. The Labute approximate surface area is 199 Å². The number of anilines is 1. The minimum Gasteiger partial charge on any atom is -0.485 e. The minimum atomic E-state index is 0.297. The molecule has 0 amide bonds. The number of hydrogen-bond acceptors (Lipinski definition) is 6. The first-order valence-electron chi connectivity index (χ1n) is 11.7. The first-order chi connectivity index (χ1) is 16.7. The number of furan rings is 1. The molecule has 5 rings (SSSR count). The van der Waals surface area contributed by atoms with Crippen LogP contribution < -0.4 is 9.64 Å². The standard InChI is InChI=1S/C28H27N3O3/c1-20-7-5-6-10-25(20)32-19-23-11-12-26(33-23)27-30-24(18-29)28(34-27)31-15-13-22(14-16-31)17-21-8-3-2-4-9-21/h2-12,22H,13-17,19H2,1H3. The number of hydrogen-bond donors (Lipinski definition) is 0. The molecule has 6 nitrogen and oxygen atoms in total. The second-order valence-electron chi connectivity index (χ2n) is 8.72. The molecule has 0 atom stereocenters. The average Bonchev–Trinajstić information content (AvgIpc) is 3.52. The highest BCUT2D eigenvalue weighted by Gasteiger charge is 2.26. The fourth-order valence-corrected chi connectivity index (χ4v) is 4.43. The number of nitriles is 1. The van der Waals surface area contributed by atoms with Crippen molar-refractivity contribution in [3.05, 3.63) is 89.3 Å². The van der Waals surface area contributed by atoms with Crippen molar-refractivity contribution < 1.29 is 13.6 Å². The van der Waals surface area contributed by atoms with Crippen LogP contribution in [0.1, 0.15) is 35.4 Å². The molecule has 0 N–H and O–H groups in total. The first kappa shape index (κ1) is 21.8. The van der Waals surface area contributed by atoms with Crippen molar-refractivity contribution in [3.8, 4) is 23.5 Å². The Bertz CT molecular complexity index is 1280. The van der Waals surface area contributed by atoms with Gasteiger partial charge in [0.2, 0.25) is 11.6 Å². The lowest BCUT2D eigenvalue weighted by atomic mass is 9.90. The van der Waals surface area contributed by atoms with Gasteiger partial charge < -0.3 is 18.5 Å². The molecule has 0 aliphatic carbocycles. The highest BCUT2D eigenvalue weighted by molar-refractivity contribution is 5.56. The van der Waals surface area contributed by atoms with Gasteiger partial charge in [0.25, 0.3) is 5.89 Å². The topological polar surface area (TPSA) is 75.4 Å². The largest absolute Gasteiger partial charge is 0.485 e. The molecule has 0 unspecified atom stereocenters. The molecule has 34 heavy (non-hydrogen) atoms. The lowest BCUT2D eigenvalue weighted by molar-refractivity contribution is 0.269. The molecule has 1 saturated heterocycles. The zero-order chi connectivity index (χ0) is 23.3. The van der Waals surface area contributed by atoms with Crippen molar-refractivity contribution in [2.45, 2.75) is 32.8 Å². The predicted octanol–water partition coefficient (Wildman–Crippen LogP) is 6.15. The van der Waals surface area contributed by atoms with E-state index >= 15 is 0 Å². The van der Waals surface area contributed by atoms with Crippen molar-refractivity contribution in [1.29, 1.82) is 5.26 Å². The summed E-state index contributed by atoms with van der Waals surface area (Å²) in [6.45, 7) is 3.99. The van der Waals surface area contributed by atoms with E-state index in [-0.39, 0.29) is 0 Å². The molecule has 2 aromatic heterocycles. The minimum absolute atomic E-state index is 0.297. The molecule has 3 heterocycles. The number of aromatic nitrogens is 1. The van der Waals surface area contributed by atoms with Crippen molar-refractivity contribution in [2.75, 3.05) is 18.0 Å². The van der Waals surface area contributed by atoms with Gasteiger partial charge in [-0.25, -0.2) is 0 Å². The van der Waals surface area contributed by atoms with Crippen molar-refractivity contribution in [3.63, 3.8) is 0 Å². The Morgan fingerprint density at radius 3 is 2.53 bits per heavy atom. The Hall–Kier alpha value is -3.98. The van der Waals surface area contributed by atoms with E-state index < -0.39 is 0 Å². The molecule has 0 spiro atoms. The van der Waals surface area contributed by atoms with Crippen LogP contribution in [-0.2, 0) is 13.0 Å². The molecule has 1 aliphatic rings. The Morgan fingerprint density at radius 1 is 1.00 bits per heavy atom. The second-order valence-corrected chi connectivity index (χ2v) is 8.72. The number of rotatable bonds is 7. The smallest absolute Gasteiger partial charge is 0.266 e. The Balaban J connectivity index is 1.23. The number of aryl methyl sites for hydroxylation is 1. The van der Waals surface area contributed by atoms with Crippen LogP contribution >= 0.6 is 0 Å². The number of nitrogens with zero attached hydrogens (tertiary/aromatic N) is 3. The van der Waals surface area contributed by atoms with Gasteiger partial charge in [-0.1, -0.05) is 48.5 Å². The van der Waals surface area contributed by atoms with Gasteiger partial charge in [-0.2, -0.15) is 10.2 Å². The van der Waals surface area contributed by atoms with E-state index in [1.54, 1.807) is 6.07 Å². The highest BCUT2D eigenvalue weighted by Crippen LogP contribution is 2.33. The van der Waals surface area contributed by atoms with Crippen LogP contribution in [0.25, 0.3) is 11.7 Å². The molecule has 0 saturated carbocycles. The normalized spacial score (nSPS) is 14.2. The molecule has 1 aliphatic heterocycles. The van der Waals surface area contributed by atoms with E-state index in [2.05, 4.69) is 46.3 Å². The van der Waals surface area contributed by atoms with Crippen LogP contribution in [0, 0.1) is 24.2 Å². The fraction of sp³-hybridized carbons (Fsp3) is 0.286. The van der Waals surface area contributed by atoms with Crippen LogP contribution in [0.5, 0.6) is 5.75 Å². The maximum absolute atomic E-state index is 9.65. The van der Waals surface area contributed by atoms with Gasteiger partial charge in [0.05, 0.1) is 0 Å². The zero-order valence-corrected chi connectivity index (χ0v) is 19.2. The van der Waals surface area contributed by atoms with Gasteiger partial charge >= 0.3 is 0 Å². The first-order valence-corrected chi connectivity index (χ1v) is 11.7. The summed E-state index contributed by atoms with van der Waals surface area (Å²) in [6.07, 6.45) is 3.19. The molecule has 2 aromatic carbocycles. The molecule has 6 heteroatoms. The fourth-order valence-electron chi connectivity index (χ4n) is 4.43. The highest BCUT2D eigenvalue weighted by atomic mass is 16.5. The van der Waals surface area contributed by atoms with Gasteiger partial charge in [-0.3, -0.25) is 0 Å². The van der Waals surface area contributed by atoms with E-state index in [4.69, 9.17) is 13.6 Å². The summed E-state index contributed by atoms with van der Waals surface area (Å²) in [6, 6.07) is 24.3. The quantitative estimate of drug-likeness (QED) is 0.334. The molecule has 4 aromatic rings. The van der Waals surface area contributed by atoms with Crippen molar-refractivity contribution in [2.24, 2.45) is 5.92 Å². The van der Waals surface area contributed by atoms with E-state index in [1.165, 1.54) is 5.56 Å². The second kappa shape index (κ2) is 9.88. The lowest BCUT2D eigenvalue weighted by Crippen LogP contribution is -2.34. The van der Waals surface area contributed by atoms with Crippen LogP contribution in [0.3, 0.4) is 0 Å². The van der Waals surface area contributed by atoms with Gasteiger partial charge in [0.1, 0.15) is 24.2 Å². The Kier molecular flexibility index (Phi) is 6.35. The molecule has 172 valence electrons. The summed E-state index contributed by atoms with van der Waals surface area (Å²) < 4.78 is 17.8. The third kappa shape index (κ3) is 4.84. The van der Waals surface area contributed by atoms with Crippen LogP contribution in [-0.4, -0.2) is 18.1 Å². The maximum Gasteiger partial charge on any atom is 0.266 e. The molecular formula is C28H27N3O3. The molecule has 0 bridgehead atoms. The zero-order valence-electron chi connectivity index (χ0n) is 19.2. The third-order valence-corrected chi connectivity index (χ3v) is 6.32. The van der Waals surface area contributed by atoms with Crippen molar-refractivity contribution >= 4 is 5.88 Å². The van der Waals surface area contributed by atoms with Crippen LogP contribution in [0.2, 0.25) is 0 Å².